The van der Waals surface area contributed by atoms with Gasteiger partial charge in [-0.2, -0.15) is 0 Å². The van der Waals surface area contributed by atoms with Gasteiger partial charge in [-0.1, -0.05) is 0 Å². The molecule has 2 saturated heterocycles. The monoisotopic (exact) mass is 457 g/mol. The van der Waals surface area contributed by atoms with Crippen molar-refractivity contribution in [3.05, 3.63) is 28.9 Å². The molecule has 32 heavy (non-hydrogen) atoms. The van der Waals surface area contributed by atoms with Crippen LogP contribution in [-0.2, 0) is 22.5 Å². The molecule has 172 valence electrons. The SMILES string of the molecule is CC(=O)Nc1ncc(CN2C[C@@]3(Cc4cc(N5C[C@H](C)O[C@@H](C)C5)ncc4O3)C[C@@H]2C)s1. The van der Waals surface area contributed by atoms with Crippen molar-refractivity contribution in [2.75, 3.05) is 29.9 Å². The number of carbonyl (C=O) groups excluding carboxylic acids is 1. The highest BCUT2D eigenvalue weighted by Crippen LogP contribution is 2.43. The van der Waals surface area contributed by atoms with Crippen LogP contribution in [0.4, 0.5) is 10.9 Å². The molecular formula is C23H31N5O3S. The number of nitrogens with zero attached hydrogens (tertiary/aromatic N) is 4. The highest BCUT2D eigenvalue weighted by Gasteiger charge is 2.48. The second-order valence-corrected chi connectivity index (χ2v) is 10.7. The number of morpholine rings is 1. The van der Waals surface area contributed by atoms with Crippen LogP contribution in [0.1, 0.15) is 44.6 Å². The number of fused-ring (bicyclic) bond motifs is 1. The van der Waals surface area contributed by atoms with Gasteiger partial charge in [0.15, 0.2) is 5.13 Å². The number of hydrogen-bond acceptors (Lipinski definition) is 8. The van der Waals surface area contributed by atoms with Crippen LogP contribution >= 0.6 is 11.3 Å². The third-order valence-electron chi connectivity index (χ3n) is 6.49. The van der Waals surface area contributed by atoms with E-state index in [0.717, 1.165) is 55.5 Å². The number of hydrogen-bond donors (Lipinski definition) is 1. The summed E-state index contributed by atoms with van der Waals surface area (Å²) in [6, 6.07) is 2.62. The standard InChI is InChI=1S/C23H31N5O3S/c1-14-6-23(13-28(14)12-19-8-25-22(32-19)26-17(4)29)7-18-5-21(24-9-20(18)31-23)27-10-15(2)30-16(3)11-27/h5,8-9,14-16H,6-7,10-13H2,1-4H3,(H,25,26,29)/t14-,15-,16-,23-/m0/s1. The molecule has 2 fully saturated rings. The minimum Gasteiger partial charge on any atom is -0.484 e. The molecule has 5 rings (SSSR count). The summed E-state index contributed by atoms with van der Waals surface area (Å²) in [5.74, 6) is 1.85. The van der Waals surface area contributed by atoms with Crippen LogP contribution in [0.5, 0.6) is 5.75 Å². The van der Waals surface area contributed by atoms with E-state index in [4.69, 9.17) is 14.5 Å². The highest BCUT2D eigenvalue weighted by atomic mass is 32.1. The number of anilines is 2. The predicted octanol–water partition coefficient (Wildman–Crippen LogP) is 3.08. The molecule has 2 aromatic rings. The van der Waals surface area contributed by atoms with E-state index in [9.17, 15) is 4.79 Å². The summed E-state index contributed by atoms with van der Waals surface area (Å²) in [6.45, 7) is 11.4. The Labute approximate surface area is 192 Å². The molecule has 0 saturated carbocycles. The molecule has 0 radical (unpaired) electrons. The molecule has 0 bridgehead atoms. The van der Waals surface area contributed by atoms with E-state index in [1.165, 1.54) is 23.8 Å². The summed E-state index contributed by atoms with van der Waals surface area (Å²) in [7, 11) is 0. The highest BCUT2D eigenvalue weighted by molar-refractivity contribution is 7.15. The second-order valence-electron chi connectivity index (χ2n) is 9.55. The number of ether oxygens (including phenoxy) is 2. The molecule has 8 nitrogen and oxygen atoms in total. The summed E-state index contributed by atoms with van der Waals surface area (Å²) in [6.07, 6.45) is 6.07. The van der Waals surface area contributed by atoms with Gasteiger partial charge in [0.25, 0.3) is 0 Å². The number of amides is 1. The predicted molar refractivity (Wildman–Crippen MR) is 124 cm³/mol. The van der Waals surface area contributed by atoms with Crippen LogP contribution in [0.3, 0.4) is 0 Å². The molecule has 0 aromatic carbocycles. The van der Waals surface area contributed by atoms with Crippen molar-refractivity contribution >= 4 is 28.2 Å². The summed E-state index contributed by atoms with van der Waals surface area (Å²) < 4.78 is 12.4. The summed E-state index contributed by atoms with van der Waals surface area (Å²) >= 11 is 1.54. The van der Waals surface area contributed by atoms with Gasteiger partial charge in [-0.3, -0.25) is 9.69 Å². The second kappa shape index (κ2) is 8.28. The molecule has 5 heterocycles. The third-order valence-corrected chi connectivity index (χ3v) is 7.39. The van der Waals surface area contributed by atoms with E-state index in [0.29, 0.717) is 11.2 Å². The first-order valence-corrected chi connectivity index (χ1v) is 12.1. The van der Waals surface area contributed by atoms with Gasteiger partial charge in [-0.25, -0.2) is 9.97 Å². The van der Waals surface area contributed by atoms with Crippen LogP contribution in [0.2, 0.25) is 0 Å². The summed E-state index contributed by atoms with van der Waals surface area (Å²) in [4.78, 5) is 26.2. The number of thiazole rings is 1. The molecule has 3 aliphatic heterocycles. The Balaban J connectivity index is 1.26. The minimum absolute atomic E-state index is 0.0921. The lowest BCUT2D eigenvalue weighted by atomic mass is 9.95. The quantitative estimate of drug-likeness (QED) is 0.756. The molecule has 9 heteroatoms. The number of aromatic nitrogens is 2. The van der Waals surface area contributed by atoms with Gasteiger partial charge in [0.05, 0.1) is 18.4 Å². The van der Waals surface area contributed by atoms with Crippen LogP contribution in [-0.4, -0.2) is 64.3 Å². The fourth-order valence-corrected chi connectivity index (χ4v) is 6.20. The van der Waals surface area contributed by atoms with E-state index in [1.807, 2.05) is 12.4 Å². The zero-order valence-corrected chi connectivity index (χ0v) is 19.9. The first kappa shape index (κ1) is 21.6. The summed E-state index contributed by atoms with van der Waals surface area (Å²) in [5, 5.41) is 3.42. The van der Waals surface area contributed by atoms with E-state index in [-0.39, 0.29) is 23.7 Å². The number of carbonyl (C=O) groups is 1. The Kier molecular flexibility index (Phi) is 5.59. The molecule has 2 aromatic heterocycles. The number of nitrogens with one attached hydrogen (secondary N) is 1. The van der Waals surface area contributed by atoms with Crippen molar-refractivity contribution in [2.24, 2.45) is 0 Å². The molecule has 1 N–H and O–H groups in total. The van der Waals surface area contributed by atoms with Crippen LogP contribution in [0, 0.1) is 0 Å². The lowest BCUT2D eigenvalue weighted by Crippen LogP contribution is -2.45. The molecule has 0 unspecified atom stereocenters. The van der Waals surface area contributed by atoms with Gasteiger partial charge in [0.2, 0.25) is 5.91 Å². The normalized spacial score (nSPS) is 29.9. The van der Waals surface area contributed by atoms with Gasteiger partial charge in [-0.15, -0.1) is 11.3 Å². The van der Waals surface area contributed by atoms with E-state index in [1.54, 1.807) is 0 Å². The Bertz CT molecular complexity index is 1000. The number of likely N-dealkylation sites (tertiary alicyclic amines) is 1. The Morgan fingerprint density at radius 3 is 2.78 bits per heavy atom. The third kappa shape index (κ3) is 4.33. The van der Waals surface area contributed by atoms with Crippen molar-refractivity contribution in [2.45, 2.75) is 70.9 Å². The maximum atomic E-state index is 11.3. The smallest absolute Gasteiger partial charge is 0.223 e. The van der Waals surface area contributed by atoms with Crippen LogP contribution < -0.4 is 15.0 Å². The lowest BCUT2D eigenvalue weighted by Gasteiger charge is -2.36. The first-order valence-electron chi connectivity index (χ1n) is 11.3. The maximum absolute atomic E-state index is 11.3. The number of pyridine rings is 1. The maximum Gasteiger partial charge on any atom is 0.223 e. The fraction of sp³-hybridized carbons (Fsp3) is 0.609. The zero-order chi connectivity index (χ0) is 22.5. The molecule has 4 atom stereocenters. The van der Waals surface area contributed by atoms with E-state index >= 15 is 0 Å². The molecule has 0 aliphatic carbocycles. The van der Waals surface area contributed by atoms with Crippen LogP contribution in [0.15, 0.2) is 18.5 Å². The summed E-state index contributed by atoms with van der Waals surface area (Å²) in [5.41, 5.74) is 1.06. The van der Waals surface area contributed by atoms with Gasteiger partial charge in [0, 0.05) is 68.6 Å². The van der Waals surface area contributed by atoms with Crippen molar-refractivity contribution in [3.63, 3.8) is 0 Å². The van der Waals surface area contributed by atoms with Crippen LogP contribution in [0.25, 0.3) is 0 Å². The molecule has 1 spiro atoms. The minimum atomic E-state index is -0.196. The van der Waals surface area contributed by atoms with Gasteiger partial charge < -0.3 is 19.7 Å². The van der Waals surface area contributed by atoms with Crippen molar-refractivity contribution in [3.8, 4) is 5.75 Å². The average molecular weight is 458 g/mol. The largest absolute Gasteiger partial charge is 0.484 e. The van der Waals surface area contributed by atoms with Crippen molar-refractivity contribution in [1.29, 1.82) is 0 Å². The topological polar surface area (TPSA) is 79.8 Å². The molecular weight excluding hydrogens is 426 g/mol. The van der Waals surface area contributed by atoms with Gasteiger partial charge in [0.1, 0.15) is 17.2 Å². The average Bonchev–Trinajstić information content (AvgIpc) is 3.37. The Morgan fingerprint density at radius 2 is 2.03 bits per heavy atom. The Hall–Kier alpha value is -2.23. The van der Waals surface area contributed by atoms with Gasteiger partial charge in [-0.05, 0) is 26.8 Å². The Morgan fingerprint density at radius 1 is 1.25 bits per heavy atom. The van der Waals surface area contributed by atoms with Gasteiger partial charge >= 0.3 is 0 Å². The van der Waals surface area contributed by atoms with Crippen molar-refractivity contribution in [1.82, 2.24) is 14.9 Å². The molecule has 1 amide bonds. The van der Waals surface area contributed by atoms with Crippen molar-refractivity contribution < 1.29 is 14.3 Å². The first-order chi connectivity index (χ1) is 15.3. The van der Waals surface area contributed by atoms with E-state index < -0.39 is 0 Å². The zero-order valence-electron chi connectivity index (χ0n) is 19.1. The van der Waals surface area contributed by atoms with E-state index in [2.05, 4.69) is 46.9 Å². The lowest BCUT2D eigenvalue weighted by molar-refractivity contribution is -0.114. The number of rotatable bonds is 4. The molecule has 3 aliphatic rings. The fourth-order valence-electron chi connectivity index (χ4n) is 5.32.